The molecule has 5 heteroatoms. The van der Waals surface area contributed by atoms with E-state index in [4.69, 9.17) is 16.3 Å². The van der Waals surface area contributed by atoms with Crippen LogP contribution >= 0.6 is 11.6 Å². The minimum atomic E-state index is 0.114. The van der Waals surface area contributed by atoms with Gasteiger partial charge in [0.05, 0.1) is 6.10 Å². The summed E-state index contributed by atoms with van der Waals surface area (Å²) < 4.78 is 5.70. The monoisotopic (exact) mass is 336 g/mol. The van der Waals surface area contributed by atoms with Crippen molar-refractivity contribution in [3.8, 4) is 0 Å². The molecule has 2 fully saturated rings. The molecule has 23 heavy (non-hydrogen) atoms. The van der Waals surface area contributed by atoms with Crippen molar-refractivity contribution < 1.29 is 9.53 Å². The van der Waals surface area contributed by atoms with Gasteiger partial charge < -0.3 is 14.5 Å². The van der Waals surface area contributed by atoms with E-state index in [-0.39, 0.29) is 5.91 Å². The summed E-state index contributed by atoms with van der Waals surface area (Å²) in [6.07, 6.45) is 5.00. The van der Waals surface area contributed by atoms with Crippen LogP contribution < -0.4 is 0 Å². The molecule has 3 rings (SSSR count). The Balaban J connectivity index is 1.49. The van der Waals surface area contributed by atoms with Gasteiger partial charge in [-0.25, -0.2) is 0 Å². The summed E-state index contributed by atoms with van der Waals surface area (Å²) in [5.74, 6) is 0.114. The number of nitrogens with zero attached hydrogens (tertiary/aromatic N) is 2. The molecular weight excluding hydrogens is 312 g/mol. The molecule has 126 valence electrons. The lowest BCUT2D eigenvalue weighted by Crippen LogP contribution is -2.35. The second-order valence-electron chi connectivity index (χ2n) is 6.42. The normalized spacial score (nSPS) is 23.0. The van der Waals surface area contributed by atoms with Crippen LogP contribution in [0.25, 0.3) is 0 Å². The van der Waals surface area contributed by atoms with Crippen molar-refractivity contribution in [1.82, 2.24) is 9.80 Å². The van der Waals surface area contributed by atoms with Crippen LogP contribution in [0.4, 0.5) is 0 Å². The molecule has 0 saturated carbocycles. The van der Waals surface area contributed by atoms with Crippen LogP contribution in [0.2, 0.25) is 5.02 Å². The van der Waals surface area contributed by atoms with Crippen molar-refractivity contribution in [2.75, 3.05) is 39.3 Å². The van der Waals surface area contributed by atoms with Gasteiger partial charge in [-0.05, 0) is 56.5 Å². The first-order valence-corrected chi connectivity index (χ1v) is 8.99. The number of carbonyl (C=O) groups is 1. The maximum atomic E-state index is 12.6. The Morgan fingerprint density at radius 3 is 2.70 bits per heavy atom. The number of halogens is 1. The van der Waals surface area contributed by atoms with Gasteiger partial charge >= 0.3 is 0 Å². The van der Waals surface area contributed by atoms with Crippen molar-refractivity contribution >= 4 is 17.5 Å². The van der Waals surface area contributed by atoms with Crippen molar-refractivity contribution in [2.24, 2.45) is 0 Å². The molecule has 1 amide bonds. The first-order valence-electron chi connectivity index (χ1n) is 8.61. The number of carbonyl (C=O) groups excluding carboxylic acids is 1. The quantitative estimate of drug-likeness (QED) is 0.847. The lowest BCUT2D eigenvalue weighted by Gasteiger charge is -2.23. The fraction of sp³-hybridized carbons (Fsp3) is 0.611. The lowest BCUT2D eigenvalue weighted by molar-refractivity contribution is 0.0754. The summed E-state index contributed by atoms with van der Waals surface area (Å²) >= 11 is 5.89. The van der Waals surface area contributed by atoms with E-state index in [0.29, 0.717) is 11.1 Å². The highest BCUT2D eigenvalue weighted by Crippen LogP contribution is 2.17. The zero-order valence-electron chi connectivity index (χ0n) is 13.5. The van der Waals surface area contributed by atoms with E-state index in [1.165, 1.54) is 12.8 Å². The Labute approximate surface area is 143 Å². The van der Waals surface area contributed by atoms with E-state index in [2.05, 4.69) is 4.90 Å². The lowest BCUT2D eigenvalue weighted by atomic mass is 10.2. The second-order valence-corrected chi connectivity index (χ2v) is 6.85. The number of ether oxygens (including phenoxy) is 1. The van der Waals surface area contributed by atoms with Crippen molar-refractivity contribution in [2.45, 2.75) is 31.8 Å². The molecule has 2 heterocycles. The number of benzene rings is 1. The predicted molar refractivity (Wildman–Crippen MR) is 92.0 cm³/mol. The van der Waals surface area contributed by atoms with Crippen LogP contribution in [0, 0.1) is 0 Å². The molecule has 0 unspecified atom stereocenters. The number of amides is 1. The fourth-order valence-electron chi connectivity index (χ4n) is 3.37. The highest BCUT2D eigenvalue weighted by molar-refractivity contribution is 6.30. The largest absolute Gasteiger partial charge is 0.378 e. The molecule has 1 aromatic carbocycles. The Bertz CT molecular complexity index is 514. The van der Waals surface area contributed by atoms with Gasteiger partial charge in [-0.15, -0.1) is 0 Å². The summed E-state index contributed by atoms with van der Waals surface area (Å²) in [4.78, 5) is 17.0. The topological polar surface area (TPSA) is 32.8 Å². The Morgan fingerprint density at radius 2 is 1.96 bits per heavy atom. The SMILES string of the molecule is O=C(c1ccc(Cl)cc1)N1CCCN(CC[C@H]2CCCO2)CC1. The average Bonchev–Trinajstić information content (AvgIpc) is 2.97. The molecule has 0 N–H and O–H groups in total. The Kier molecular flexibility index (Phi) is 5.92. The van der Waals surface area contributed by atoms with Gasteiger partial charge in [-0.1, -0.05) is 11.6 Å². The van der Waals surface area contributed by atoms with Gasteiger partial charge in [0, 0.05) is 43.4 Å². The fourth-order valence-corrected chi connectivity index (χ4v) is 3.50. The van der Waals surface area contributed by atoms with Crippen molar-refractivity contribution in [3.63, 3.8) is 0 Å². The van der Waals surface area contributed by atoms with Gasteiger partial charge in [0.2, 0.25) is 0 Å². The molecule has 0 aromatic heterocycles. The molecule has 0 radical (unpaired) electrons. The average molecular weight is 337 g/mol. The van der Waals surface area contributed by atoms with Gasteiger partial charge in [-0.3, -0.25) is 4.79 Å². The standard InChI is InChI=1S/C18H25ClN2O2/c19-16-6-4-15(5-7-16)18(22)21-10-2-9-20(12-13-21)11-8-17-3-1-14-23-17/h4-7,17H,1-3,8-14H2/t17-/m1/s1. The van der Waals surface area contributed by atoms with Crippen LogP contribution in [-0.2, 0) is 4.74 Å². The minimum Gasteiger partial charge on any atom is -0.378 e. The number of hydrogen-bond donors (Lipinski definition) is 0. The minimum absolute atomic E-state index is 0.114. The summed E-state index contributed by atoms with van der Waals surface area (Å²) in [5.41, 5.74) is 0.724. The molecule has 4 nitrogen and oxygen atoms in total. The van der Waals surface area contributed by atoms with Crippen LogP contribution in [0.1, 0.15) is 36.0 Å². The van der Waals surface area contributed by atoms with Gasteiger partial charge in [0.25, 0.3) is 5.91 Å². The maximum absolute atomic E-state index is 12.6. The summed E-state index contributed by atoms with van der Waals surface area (Å²) in [6, 6.07) is 7.18. The first-order chi connectivity index (χ1) is 11.2. The van der Waals surface area contributed by atoms with E-state index in [9.17, 15) is 4.79 Å². The zero-order chi connectivity index (χ0) is 16.1. The van der Waals surface area contributed by atoms with E-state index < -0.39 is 0 Å². The van der Waals surface area contributed by atoms with Crippen LogP contribution in [0.15, 0.2) is 24.3 Å². The van der Waals surface area contributed by atoms with E-state index in [0.717, 1.165) is 57.7 Å². The second kappa shape index (κ2) is 8.13. The summed E-state index contributed by atoms with van der Waals surface area (Å²) in [6.45, 7) is 5.65. The zero-order valence-corrected chi connectivity index (χ0v) is 14.3. The number of rotatable bonds is 4. The predicted octanol–water partition coefficient (Wildman–Crippen LogP) is 3.06. The van der Waals surface area contributed by atoms with Crippen LogP contribution in [0.5, 0.6) is 0 Å². The van der Waals surface area contributed by atoms with Gasteiger partial charge in [0.1, 0.15) is 0 Å². The van der Waals surface area contributed by atoms with Crippen molar-refractivity contribution in [3.05, 3.63) is 34.9 Å². The molecule has 0 bridgehead atoms. The molecule has 0 spiro atoms. The molecule has 1 aromatic rings. The molecule has 1 atom stereocenters. The van der Waals surface area contributed by atoms with Gasteiger partial charge in [0.15, 0.2) is 0 Å². The first kappa shape index (κ1) is 16.7. The highest BCUT2D eigenvalue weighted by Gasteiger charge is 2.22. The molecule has 2 aliphatic heterocycles. The maximum Gasteiger partial charge on any atom is 0.253 e. The summed E-state index contributed by atoms with van der Waals surface area (Å²) in [5, 5.41) is 0.665. The van der Waals surface area contributed by atoms with E-state index >= 15 is 0 Å². The third-order valence-electron chi connectivity index (χ3n) is 4.76. The van der Waals surface area contributed by atoms with Crippen LogP contribution in [0.3, 0.4) is 0 Å². The van der Waals surface area contributed by atoms with Crippen molar-refractivity contribution in [1.29, 1.82) is 0 Å². The molecule has 2 aliphatic rings. The van der Waals surface area contributed by atoms with Gasteiger partial charge in [-0.2, -0.15) is 0 Å². The third-order valence-corrected chi connectivity index (χ3v) is 5.01. The highest BCUT2D eigenvalue weighted by atomic mass is 35.5. The third kappa shape index (κ3) is 4.69. The Hall–Kier alpha value is -1.10. The molecule has 2 saturated heterocycles. The molecular formula is C18H25ClN2O2. The number of hydrogen-bond acceptors (Lipinski definition) is 3. The smallest absolute Gasteiger partial charge is 0.253 e. The summed E-state index contributed by atoms with van der Waals surface area (Å²) in [7, 11) is 0. The van der Waals surface area contributed by atoms with E-state index in [1.54, 1.807) is 12.1 Å². The van der Waals surface area contributed by atoms with E-state index in [1.807, 2.05) is 17.0 Å². The molecule has 0 aliphatic carbocycles. The Morgan fingerprint density at radius 1 is 1.13 bits per heavy atom. The van der Waals surface area contributed by atoms with Crippen LogP contribution in [-0.4, -0.2) is 61.1 Å².